The predicted octanol–water partition coefficient (Wildman–Crippen LogP) is 19.1. The fourth-order valence-electron chi connectivity index (χ4n) is 9.73. The van der Waals surface area contributed by atoms with E-state index in [0.717, 1.165) is 88.3 Å². The molecule has 324 valence electrons. The van der Waals surface area contributed by atoms with Crippen molar-refractivity contribution in [3.05, 3.63) is 285 Å². The smallest absolute Gasteiger partial charge is 0.0645 e. The van der Waals surface area contributed by atoms with Gasteiger partial charge < -0.3 is 4.90 Å². The summed E-state index contributed by atoms with van der Waals surface area (Å²) < 4.78 is 38.7. The highest BCUT2D eigenvalue weighted by Gasteiger charge is 2.17. The van der Waals surface area contributed by atoms with E-state index in [1.165, 1.54) is 0 Å². The van der Waals surface area contributed by atoms with Crippen LogP contribution in [0.2, 0.25) is 0 Å². The first kappa shape index (κ1) is 37.1. The third-order valence-corrected chi connectivity index (χ3v) is 13.2. The lowest BCUT2D eigenvalue weighted by Crippen LogP contribution is -2.09. The first-order chi connectivity index (χ1) is 35.9. The summed E-state index contributed by atoms with van der Waals surface area (Å²) in [6, 6.07) is 89.1. The Morgan fingerprint density at radius 1 is 0.232 bits per heavy atom. The molecule has 0 saturated carbocycles. The van der Waals surface area contributed by atoms with Gasteiger partial charge >= 0.3 is 0 Å². The minimum atomic E-state index is -0.133. The molecule has 0 amide bonds. The molecule has 0 N–H and O–H groups in total. The summed E-state index contributed by atoms with van der Waals surface area (Å²) in [6.07, 6.45) is 0. The van der Waals surface area contributed by atoms with Crippen LogP contribution in [0.5, 0.6) is 0 Å². The number of benzene rings is 12. The number of hydrogen-bond donors (Lipinski definition) is 0. The van der Waals surface area contributed by atoms with Gasteiger partial charge in [-0.25, -0.2) is 0 Å². The van der Waals surface area contributed by atoms with Gasteiger partial charge in [0.05, 0.1) is 5.48 Å². The summed E-state index contributed by atoms with van der Waals surface area (Å²) in [5.41, 5.74) is 15.5. The summed E-state index contributed by atoms with van der Waals surface area (Å²) in [5.74, 6) is 0. The first-order valence-electron chi connectivity index (χ1n) is 25.4. The average Bonchev–Trinajstić information content (AvgIpc) is 3.46. The van der Waals surface area contributed by atoms with Crippen LogP contribution in [0.25, 0.3) is 99.4 Å². The zero-order valence-electron chi connectivity index (χ0n) is 41.8. The highest BCUT2D eigenvalue weighted by molar-refractivity contribution is 6.04. The van der Waals surface area contributed by atoms with E-state index in [1.807, 2.05) is 83.8 Å². The highest BCUT2D eigenvalue weighted by Crippen LogP contribution is 2.43. The maximum atomic E-state index is 9.75. The van der Waals surface area contributed by atoms with Gasteiger partial charge in [-0.3, -0.25) is 0 Å². The summed E-state index contributed by atoms with van der Waals surface area (Å²) in [6.45, 7) is 0. The van der Waals surface area contributed by atoms with Gasteiger partial charge in [-0.1, -0.05) is 243 Å². The van der Waals surface area contributed by atoms with Gasteiger partial charge in [0.2, 0.25) is 0 Å². The number of anilines is 3. The molecule has 0 fully saturated rings. The van der Waals surface area contributed by atoms with E-state index in [0.29, 0.717) is 16.9 Å². The van der Waals surface area contributed by atoms with Crippen LogP contribution in [0.4, 0.5) is 17.1 Å². The molecule has 12 aromatic rings. The molecule has 69 heavy (non-hydrogen) atoms. The van der Waals surface area contributed by atoms with E-state index in [-0.39, 0.29) is 35.4 Å². The lowest BCUT2D eigenvalue weighted by atomic mass is 9.89. The molecule has 0 heterocycles. The Morgan fingerprint density at radius 3 is 1.30 bits per heavy atom. The monoisotopic (exact) mass is 881 g/mol. The molecule has 0 saturated heterocycles. The van der Waals surface area contributed by atoms with Crippen molar-refractivity contribution < 1.29 is 5.48 Å². The van der Waals surface area contributed by atoms with Crippen molar-refractivity contribution in [2.75, 3.05) is 4.90 Å². The summed E-state index contributed by atoms with van der Waals surface area (Å²) in [7, 11) is 0. The minimum Gasteiger partial charge on any atom is -0.311 e. The first-order valence-corrected chi connectivity index (χ1v) is 23.4. The van der Waals surface area contributed by atoms with Crippen molar-refractivity contribution in [1.82, 2.24) is 0 Å². The third kappa shape index (κ3) is 8.18. The Hall–Kier alpha value is -9.04. The van der Waals surface area contributed by atoms with E-state index in [4.69, 9.17) is 0 Å². The van der Waals surface area contributed by atoms with Gasteiger partial charge in [-0.2, -0.15) is 0 Å². The molecule has 0 atom stereocenters. The van der Waals surface area contributed by atoms with Crippen LogP contribution in [0, 0.1) is 0 Å². The van der Waals surface area contributed by atoms with Crippen molar-refractivity contribution in [1.29, 1.82) is 0 Å². The van der Waals surface area contributed by atoms with E-state index in [2.05, 4.69) is 182 Å². The molecule has 12 rings (SSSR count). The second-order valence-electron chi connectivity index (χ2n) is 17.3. The van der Waals surface area contributed by atoms with Crippen molar-refractivity contribution in [2.45, 2.75) is 0 Å². The van der Waals surface area contributed by atoms with Crippen LogP contribution in [-0.4, -0.2) is 0 Å². The van der Waals surface area contributed by atoms with Crippen LogP contribution in [0.1, 0.15) is 5.48 Å². The van der Waals surface area contributed by atoms with Gasteiger partial charge in [-0.05, 0) is 142 Å². The second kappa shape index (κ2) is 18.3. The molecule has 0 radical (unpaired) electrons. The van der Waals surface area contributed by atoms with Gasteiger partial charge in [0.1, 0.15) is 0 Å². The minimum absolute atomic E-state index is 0.109. The van der Waals surface area contributed by atoms with Crippen molar-refractivity contribution in [3.63, 3.8) is 0 Å². The van der Waals surface area contributed by atoms with Crippen molar-refractivity contribution >= 4 is 38.6 Å². The lowest BCUT2D eigenvalue weighted by Gasteiger charge is -2.26. The maximum absolute atomic E-state index is 9.75. The zero-order chi connectivity index (χ0) is 49.4. The van der Waals surface area contributed by atoms with Gasteiger partial charge in [-0.15, -0.1) is 0 Å². The van der Waals surface area contributed by atoms with Crippen molar-refractivity contribution in [3.8, 4) is 77.9 Å². The van der Waals surface area contributed by atoms with E-state index < -0.39 is 0 Å². The molecule has 1 nitrogen and oxygen atoms in total. The Balaban J connectivity index is 0.980. The Bertz CT molecular complexity index is 3930. The fraction of sp³-hybridized carbons (Fsp3) is 0. The van der Waals surface area contributed by atoms with Crippen LogP contribution < -0.4 is 4.90 Å². The lowest BCUT2D eigenvalue weighted by molar-refractivity contribution is 1.28. The summed E-state index contributed by atoms with van der Waals surface area (Å²) >= 11 is 0. The third-order valence-electron chi connectivity index (χ3n) is 13.2. The van der Waals surface area contributed by atoms with E-state index >= 15 is 0 Å². The molecule has 0 aromatic heterocycles. The molecular weight excluding hydrogens is 831 g/mol. The topological polar surface area (TPSA) is 3.24 Å². The normalized spacial score (nSPS) is 12.0. The van der Waals surface area contributed by atoms with Gasteiger partial charge in [0, 0.05) is 17.1 Å². The summed E-state index contributed by atoms with van der Waals surface area (Å²) in [5, 5.41) is 4.56. The van der Waals surface area contributed by atoms with Crippen molar-refractivity contribution in [2.24, 2.45) is 0 Å². The van der Waals surface area contributed by atoms with Crippen LogP contribution >= 0.6 is 0 Å². The molecule has 0 spiro atoms. The largest absolute Gasteiger partial charge is 0.311 e. The highest BCUT2D eigenvalue weighted by atomic mass is 15.1. The predicted molar refractivity (Wildman–Crippen MR) is 294 cm³/mol. The molecule has 0 aliphatic rings. The number of hydrogen-bond acceptors (Lipinski definition) is 1. The molecule has 0 bridgehead atoms. The van der Waals surface area contributed by atoms with Gasteiger partial charge in [0.15, 0.2) is 0 Å². The van der Waals surface area contributed by atoms with E-state index in [1.54, 1.807) is 0 Å². The van der Waals surface area contributed by atoms with Crippen LogP contribution in [-0.2, 0) is 0 Å². The maximum Gasteiger partial charge on any atom is 0.0645 e. The standard InChI is InChI=1S/C68H47N/c1-4-15-51(16-5-1)64-45-38-58(47-67(64)54-19-8-3-9-20-54)50-33-41-60(42-34-50)69(59-39-31-49(32-40-59)48-27-29-56(30-28-48)63-26-14-23-52-21-10-12-24-62(52)63)61-43-35-57(36-44-61)68-65-25-13-11-22-55(65)37-46-66(68)53-17-6-2-7-18-53/h1-47H/i31D,32D,39D,40D. The molecule has 0 aliphatic carbocycles. The molecule has 0 aliphatic heterocycles. The molecule has 12 aromatic carbocycles. The quantitative estimate of drug-likeness (QED) is 0.132. The number of rotatable bonds is 10. The molecule has 1 heteroatoms. The Kier molecular flexibility index (Phi) is 9.85. The Labute approximate surface area is 410 Å². The Morgan fingerprint density at radius 2 is 0.667 bits per heavy atom. The molecule has 0 unspecified atom stereocenters. The fourth-order valence-corrected chi connectivity index (χ4v) is 9.73. The second-order valence-corrected chi connectivity index (χ2v) is 17.3. The van der Waals surface area contributed by atoms with Gasteiger partial charge in [0.25, 0.3) is 0 Å². The molecular formula is C68H47N. The SMILES string of the molecule is [2H]c1c([2H])c(N(c2ccc(-c3ccc(-c4ccccc4)c(-c4ccccc4)c3)cc2)c2ccc(-c3c(-c4ccccc4)ccc4ccccc34)cc2)c([2H])c([2H])c1-c1ccc(-c2cccc3ccccc23)cc1. The van der Waals surface area contributed by atoms with Crippen LogP contribution in [0.3, 0.4) is 0 Å². The number of fused-ring (bicyclic) bond motifs is 2. The van der Waals surface area contributed by atoms with Crippen LogP contribution in [0.15, 0.2) is 285 Å². The number of nitrogens with zero attached hydrogens (tertiary/aromatic N) is 1. The average molecular weight is 882 g/mol. The summed E-state index contributed by atoms with van der Waals surface area (Å²) in [4.78, 5) is 1.87. The van der Waals surface area contributed by atoms with E-state index in [9.17, 15) is 5.48 Å². The zero-order valence-corrected chi connectivity index (χ0v) is 37.8.